The maximum atomic E-state index is 11.8. The molecule has 0 aliphatic heterocycles. The first-order valence-corrected chi connectivity index (χ1v) is 7.14. The number of hydrogen-bond acceptors (Lipinski definition) is 6. The lowest BCUT2D eigenvalue weighted by molar-refractivity contribution is -0.146. The zero-order valence-corrected chi connectivity index (χ0v) is 13.2. The van der Waals surface area contributed by atoms with Crippen LogP contribution in [0.1, 0.15) is 19.4 Å². The molecule has 126 valence electrons. The number of alkyl carbamates (subject to hydrolysis) is 1. The van der Waals surface area contributed by atoms with Crippen LogP contribution in [0.3, 0.4) is 0 Å². The third kappa shape index (κ3) is 6.05. The summed E-state index contributed by atoms with van der Waals surface area (Å²) in [7, 11) is 0. The van der Waals surface area contributed by atoms with Gasteiger partial charge >= 0.3 is 6.09 Å². The minimum atomic E-state index is -0.881. The highest BCUT2D eigenvalue weighted by Gasteiger charge is 2.26. The van der Waals surface area contributed by atoms with Gasteiger partial charge in [-0.25, -0.2) is 15.6 Å². The number of nitrogens with two attached hydrogens (primary N) is 2. The fourth-order valence-corrected chi connectivity index (χ4v) is 1.58. The van der Waals surface area contributed by atoms with Crippen LogP contribution in [0.25, 0.3) is 0 Å². The van der Waals surface area contributed by atoms with E-state index in [0.717, 1.165) is 5.56 Å². The molecule has 0 saturated heterocycles. The smallest absolute Gasteiger partial charge is 0.407 e. The molecule has 5 N–H and O–H groups in total. The van der Waals surface area contributed by atoms with Gasteiger partial charge in [-0.3, -0.25) is 9.59 Å². The van der Waals surface area contributed by atoms with Crippen molar-refractivity contribution in [3.63, 3.8) is 0 Å². The number of amides is 3. The van der Waals surface area contributed by atoms with Crippen molar-refractivity contribution in [2.24, 2.45) is 17.5 Å². The van der Waals surface area contributed by atoms with Crippen LogP contribution in [0.5, 0.6) is 0 Å². The predicted octanol–water partition coefficient (Wildman–Crippen LogP) is 0.125. The van der Waals surface area contributed by atoms with Crippen LogP contribution in [-0.4, -0.2) is 35.5 Å². The lowest BCUT2D eigenvalue weighted by Crippen LogP contribution is -2.54. The van der Waals surface area contributed by atoms with Gasteiger partial charge in [-0.05, 0) is 11.5 Å². The second kappa shape index (κ2) is 8.86. The zero-order chi connectivity index (χ0) is 17.4. The second-order valence-corrected chi connectivity index (χ2v) is 5.29. The van der Waals surface area contributed by atoms with Gasteiger partial charge in [0.25, 0.3) is 11.8 Å². The predicted molar refractivity (Wildman–Crippen MR) is 83.5 cm³/mol. The van der Waals surface area contributed by atoms with Crippen LogP contribution in [0.15, 0.2) is 30.3 Å². The summed E-state index contributed by atoms with van der Waals surface area (Å²) in [6.45, 7) is 3.09. The summed E-state index contributed by atoms with van der Waals surface area (Å²) in [5.74, 6) is 3.77. The molecule has 1 aromatic carbocycles. The SMILES string of the molecule is CC(C)[C@@H](N)C(=O)N(N)C(=O)CNC(=O)OCc1ccccc1. The minimum Gasteiger partial charge on any atom is -0.445 e. The fourth-order valence-electron chi connectivity index (χ4n) is 1.58. The highest BCUT2D eigenvalue weighted by Crippen LogP contribution is 2.02. The Balaban J connectivity index is 2.37. The lowest BCUT2D eigenvalue weighted by atomic mass is 10.0. The van der Waals surface area contributed by atoms with Gasteiger partial charge in [0.2, 0.25) is 0 Å². The Labute approximate surface area is 134 Å². The topological polar surface area (TPSA) is 128 Å². The summed E-state index contributed by atoms with van der Waals surface area (Å²) in [6.07, 6.45) is -0.781. The van der Waals surface area contributed by atoms with E-state index < -0.39 is 30.5 Å². The summed E-state index contributed by atoms with van der Waals surface area (Å²) in [4.78, 5) is 35.0. The maximum Gasteiger partial charge on any atom is 0.407 e. The second-order valence-electron chi connectivity index (χ2n) is 5.29. The van der Waals surface area contributed by atoms with E-state index in [1.54, 1.807) is 26.0 Å². The van der Waals surface area contributed by atoms with Gasteiger partial charge in [0.1, 0.15) is 13.2 Å². The number of carbonyl (C=O) groups is 3. The number of benzene rings is 1. The molecule has 0 bridgehead atoms. The van der Waals surface area contributed by atoms with E-state index in [0.29, 0.717) is 5.01 Å². The number of nitrogens with one attached hydrogen (secondary N) is 1. The van der Waals surface area contributed by atoms with Crippen LogP contribution in [0, 0.1) is 5.92 Å². The van der Waals surface area contributed by atoms with Gasteiger partial charge in [0.05, 0.1) is 6.04 Å². The average molecular weight is 322 g/mol. The normalized spacial score (nSPS) is 11.7. The Morgan fingerprint density at radius 2 is 1.83 bits per heavy atom. The van der Waals surface area contributed by atoms with E-state index >= 15 is 0 Å². The molecule has 1 aromatic rings. The molecule has 1 atom stereocenters. The molecule has 0 aliphatic carbocycles. The first kappa shape index (κ1) is 18.6. The van der Waals surface area contributed by atoms with E-state index in [1.807, 2.05) is 18.2 Å². The van der Waals surface area contributed by atoms with Gasteiger partial charge in [0.15, 0.2) is 0 Å². The van der Waals surface area contributed by atoms with E-state index in [-0.39, 0.29) is 12.5 Å². The van der Waals surface area contributed by atoms with Gasteiger partial charge in [-0.2, -0.15) is 0 Å². The standard InChI is InChI=1S/C15H22N4O4/c1-10(2)13(16)14(21)19(17)12(20)8-18-15(22)23-9-11-6-4-3-5-7-11/h3-7,10,13H,8-9,16-17H2,1-2H3,(H,18,22)/t13-/m1/s1. The van der Waals surface area contributed by atoms with E-state index in [1.165, 1.54) is 0 Å². The Kier molecular flexibility index (Phi) is 7.17. The molecule has 0 fully saturated rings. The van der Waals surface area contributed by atoms with Crippen molar-refractivity contribution >= 4 is 17.9 Å². The summed E-state index contributed by atoms with van der Waals surface area (Å²) in [5, 5.41) is 2.65. The van der Waals surface area contributed by atoms with E-state index in [9.17, 15) is 14.4 Å². The molecule has 0 aliphatic rings. The van der Waals surface area contributed by atoms with Crippen molar-refractivity contribution in [1.29, 1.82) is 0 Å². The maximum absolute atomic E-state index is 11.8. The van der Waals surface area contributed by atoms with Gasteiger partial charge in [-0.15, -0.1) is 0 Å². The lowest BCUT2D eigenvalue weighted by Gasteiger charge is -2.21. The first-order valence-electron chi connectivity index (χ1n) is 7.14. The molecule has 0 saturated carbocycles. The van der Waals surface area contributed by atoms with E-state index in [2.05, 4.69) is 5.32 Å². The summed E-state index contributed by atoms with van der Waals surface area (Å²) in [5.41, 5.74) is 6.44. The molecule has 0 spiro atoms. The molecule has 0 radical (unpaired) electrons. The molecule has 1 rings (SSSR count). The Bertz CT molecular complexity index is 548. The molecule has 23 heavy (non-hydrogen) atoms. The fraction of sp³-hybridized carbons (Fsp3) is 0.400. The molecule has 8 heteroatoms. The molecule has 0 heterocycles. The quantitative estimate of drug-likeness (QED) is 0.388. The molecule has 0 unspecified atom stereocenters. The first-order chi connectivity index (χ1) is 10.8. The van der Waals surface area contributed by atoms with Crippen molar-refractivity contribution < 1.29 is 19.1 Å². The molecule has 3 amide bonds. The number of ether oxygens (including phenoxy) is 1. The van der Waals surface area contributed by atoms with Gasteiger partial charge in [-0.1, -0.05) is 44.2 Å². The van der Waals surface area contributed by atoms with Crippen molar-refractivity contribution in [3.05, 3.63) is 35.9 Å². The number of imide groups is 1. The number of hydrogen-bond donors (Lipinski definition) is 3. The number of hydrazine groups is 1. The van der Waals surface area contributed by atoms with Crippen molar-refractivity contribution in [1.82, 2.24) is 10.3 Å². The van der Waals surface area contributed by atoms with Crippen LogP contribution in [0.4, 0.5) is 4.79 Å². The molecule has 8 nitrogen and oxygen atoms in total. The molecular weight excluding hydrogens is 300 g/mol. The molecular formula is C15H22N4O4. The zero-order valence-electron chi connectivity index (χ0n) is 13.2. The number of nitrogens with zero attached hydrogens (tertiary/aromatic N) is 1. The van der Waals surface area contributed by atoms with Crippen molar-refractivity contribution in [3.8, 4) is 0 Å². The van der Waals surface area contributed by atoms with Gasteiger partial charge < -0.3 is 15.8 Å². The van der Waals surface area contributed by atoms with E-state index in [4.69, 9.17) is 16.3 Å². The Hall–Kier alpha value is -2.45. The van der Waals surface area contributed by atoms with Crippen LogP contribution < -0.4 is 16.9 Å². The minimum absolute atomic E-state index is 0.0738. The highest BCUT2D eigenvalue weighted by atomic mass is 16.5. The third-order valence-electron chi connectivity index (χ3n) is 3.11. The van der Waals surface area contributed by atoms with Gasteiger partial charge in [0, 0.05) is 0 Å². The van der Waals surface area contributed by atoms with Crippen LogP contribution >= 0.6 is 0 Å². The Morgan fingerprint density at radius 1 is 1.22 bits per heavy atom. The van der Waals surface area contributed by atoms with Crippen LogP contribution in [0.2, 0.25) is 0 Å². The largest absolute Gasteiger partial charge is 0.445 e. The number of rotatable bonds is 6. The number of carbonyl (C=O) groups excluding carboxylic acids is 3. The van der Waals surface area contributed by atoms with Crippen molar-refractivity contribution in [2.45, 2.75) is 26.5 Å². The average Bonchev–Trinajstić information content (AvgIpc) is 2.56. The highest BCUT2D eigenvalue weighted by molar-refractivity contribution is 5.98. The van der Waals surface area contributed by atoms with Crippen LogP contribution in [-0.2, 0) is 20.9 Å². The summed E-state index contributed by atoms with van der Waals surface area (Å²) in [6, 6.07) is 8.19. The summed E-state index contributed by atoms with van der Waals surface area (Å²) < 4.78 is 4.93. The Morgan fingerprint density at radius 3 is 2.39 bits per heavy atom. The third-order valence-corrected chi connectivity index (χ3v) is 3.11. The molecule has 0 aromatic heterocycles. The monoisotopic (exact) mass is 322 g/mol. The summed E-state index contributed by atoms with van der Waals surface area (Å²) >= 11 is 0. The van der Waals surface area contributed by atoms with Crippen molar-refractivity contribution in [2.75, 3.05) is 6.54 Å².